The summed E-state index contributed by atoms with van der Waals surface area (Å²) in [6.07, 6.45) is 2.01. The highest BCUT2D eigenvalue weighted by atomic mass is 32.2. The van der Waals surface area contributed by atoms with E-state index in [9.17, 15) is 14.9 Å². The van der Waals surface area contributed by atoms with Gasteiger partial charge in [-0.05, 0) is 12.1 Å². The van der Waals surface area contributed by atoms with E-state index in [1.807, 2.05) is 41.8 Å². The van der Waals surface area contributed by atoms with E-state index in [-0.39, 0.29) is 18.0 Å². The predicted octanol–water partition coefficient (Wildman–Crippen LogP) is 3.43. The lowest BCUT2D eigenvalue weighted by Gasteiger charge is -2.09. The molecule has 1 unspecified atom stereocenters. The average molecular weight is 493 g/mol. The van der Waals surface area contributed by atoms with Crippen LogP contribution >= 0.6 is 23.1 Å². The lowest BCUT2D eigenvalue weighted by molar-refractivity contribution is -0.118. The lowest BCUT2D eigenvalue weighted by Crippen LogP contribution is -2.15. The van der Waals surface area contributed by atoms with Crippen molar-refractivity contribution >= 4 is 34.8 Å². The number of aryl methyl sites for hydroxylation is 1. The first-order valence-electron chi connectivity index (χ1n) is 10.3. The largest absolute Gasteiger partial charge is 0.467 e. The normalized spacial score (nSPS) is 11.7. The summed E-state index contributed by atoms with van der Waals surface area (Å²) in [6, 6.07) is 15.3. The van der Waals surface area contributed by atoms with Crippen LogP contribution in [-0.4, -0.2) is 37.2 Å². The van der Waals surface area contributed by atoms with E-state index in [1.165, 1.54) is 23.1 Å². The van der Waals surface area contributed by atoms with Gasteiger partial charge in [0.1, 0.15) is 16.6 Å². The Hall–Kier alpha value is -3.75. The summed E-state index contributed by atoms with van der Waals surface area (Å²) < 4.78 is 7.22. The summed E-state index contributed by atoms with van der Waals surface area (Å²) in [5.41, 5.74) is 6.94. The molecule has 2 N–H and O–H groups in total. The van der Waals surface area contributed by atoms with E-state index in [1.54, 1.807) is 16.9 Å². The molecule has 1 aromatic carbocycles. The predicted molar refractivity (Wildman–Crippen MR) is 127 cm³/mol. The molecule has 1 atom stereocenters. The van der Waals surface area contributed by atoms with Crippen molar-refractivity contribution in [2.45, 2.75) is 30.5 Å². The van der Waals surface area contributed by atoms with Crippen LogP contribution in [0.2, 0.25) is 0 Å². The number of aromatic nitrogens is 4. The minimum Gasteiger partial charge on any atom is -0.467 e. The van der Waals surface area contributed by atoms with E-state index >= 15 is 0 Å². The molecule has 0 bridgehead atoms. The molecule has 9 nitrogen and oxygen atoms in total. The average Bonchev–Trinajstić information content (AvgIpc) is 3.60. The van der Waals surface area contributed by atoms with Crippen LogP contribution in [0.1, 0.15) is 28.9 Å². The van der Waals surface area contributed by atoms with E-state index in [4.69, 9.17) is 10.2 Å². The van der Waals surface area contributed by atoms with Gasteiger partial charge in [0.05, 0.1) is 30.3 Å². The number of thiazole rings is 1. The third kappa shape index (κ3) is 5.59. The molecule has 0 aliphatic rings. The molecule has 0 fully saturated rings. The standard InChI is InChI=1S/C23H20N6O3S2/c24-11-17(22-26-18(13-33-22)15-5-2-1-3-6-15)19(30)14-34-23-28-27-21(9-8-20(25)31)29(23)12-16-7-4-10-32-16/h1-7,10,13,17H,8-9,12,14H2,(H2,25,31). The van der Waals surface area contributed by atoms with Crippen molar-refractivity contribution in [1.82, 2.24) is 19.7 Å². The van der Waals surface area contributed by atoms with Crippen LogP contribution in [0.15, 0.2) is 63.7 Å². The Morgan fingerprint density at radius 2 is 2.03 bits per heavy atom. The molecule has 0 saturated carbocycles. The molecule has 3 aromatic heterocycles. The van der Waals surface area contributed by atoms with E-state index < -0.39 is 11.8 Å². The number of amides is 1. The number of rotatable bonds is 11. The van der Waals surface area contributed by atoms with Gasteiger partial charge in [-0.1, -0.05) is 42.1 Å². The molecule has 0 aliphatic carbocycles. The molecule has 4 rings (SSSR count). The van der Waals surface area contributed by atoms with E-state index in [0.29, 0.717) is 34.7 Å². The number of carbonyl (C=O) groups is 2. The number of thioether (sulfide) groups is 1. The van der Waals surface area contributed by atoms with Crippen LogP contribution < -0.4 is 5.73 Å². The number of primary amides is 1. The van der Waals surface area contributed by atoms with Gasteiger partial charge in [-0.3, -0.25) is 14.2 Å². The maximum absolute atomic E-state index is 12.9. The SMILES string of the molecule is N#CC(C(=O)CSc1nnc(CCC(N)=O)n1Cc1ccco1)c1nc(-c2ccccc2)cs1. The highest BCUT2D eigenvalue weighted by molar-refractivity contribution is 7.99. The minimum atomic E-state index is -0.967. The van der Waals surface area contributed by atoms with Crippen molar-refractivity contribution < 1.29 is 14.0 Å². The number of hydrogen-bond donors (Lipinski definition) is 1. The van der Waals surface area contributed by atoms with Gasteiger partial charge in [0.25, 0.3) is 0 Å². The summed E-state index contributed by atoms with van der Waals surface area (Å²) in [7, 11) is 0. The fraction of sp³-hybridized carbons (Fsp3) is 0.217. The monoisotopic (exact) mass is 492 g/mol. The molecule has 1 amide bonds. The van der Waals surface area contributed by atoms with Gasteiger partial charge in [-0.2, -0.15) is 5.26 Å². The first-order chi connectivity index (χ1) is 16.5. The second-order valence-electron chi connectivity index (χ2n) is 7.28. The lowest BCUT2D eigenvalue weighted by atomic mass is 10.1. The Balaban J connectivity index is 1.47. The summed E-state index contributed by atoms with van der Waals surface area (Å²) in [6.45, 7) is 0.346. The first kappa shape index (κ1) is 23.4. The maximum Gasteiger partial charge on any atom is 0.217 e. The Bertz CT molecular complexity index is 1310. The first-order valence-corrected chi connectivity index (χ1v) is 12.2. The molecule has 0 radical (unpaired) electrons. The summed E-state index contributed by atoms with van der Waals surface area (Å²) >= 11 is 2.47. The Morgan fingerprint density at radius 3 is 2.74 bits per heavy atom. The molecule has 11 heteroatoms. The van der Waals surface area contributed by atoms with Crippen molar-refractivity contribution in [2.24, 2.45) is 5.73 Å². The number of Topliss-reactive ketones (excluding diaryl/α,β-unsaturated/α-hetero) is 1. The van der Waals surface area contributed by atoms with Gasteiger partial charge < -0.3 is 10.2 Å². The maximum atomic E-state index is 12.9. The van der Waals surface area contributed by atoms with Gasteiger partial charge >= 0.3 is 0 Å². The van der Waals surface area contributed by atoms with Gasteiger partial charge in [-0.25, -0.2) is 4.98 Å². The second-order valence-corrected chi connectivity index (χ2v) is 9.12. The summed E-state index contributed by atoms with van der Waals surface area (Å²) in [4.78, 5) is 28.7. The molecule has 34 heavy (non-hydrogen) atoms. The summed E-state index contributed by atoms with van der Waals surface area (Å²) in [5, 5.41) is 20.8. The second kappa shape index (κ2) is 10.9. The molecule has 0 spiro atoms. The van der Waals surface area contributed by atoms with Crippen LogP contribution in [0.25, 0.3) is 11.3 Å². The zero-order valence-corrected chi connectivity index (χ0v) is 19.6. The molecule has 0 aliphatic heterocycles. The van der Waals surface area contributed by atoms with Crippen LogP contribution in [0.4, 0.5) is 0 Å². The molecular formula is C23H20N6O3S2. The Morgan fingerprint density at radius 1 is 1.21 bits per heavy atom. The molecule has 4 aromatic rings. The molecule has 3 heterocycles. The third-order valence-corrected chi connectivity index (χ3v) is 6.81. The Labute approximate surface area is 203 Å². The van der Waals surface area contributed by atoms with Crippen molar-refractivity contribution in [2.75, 3.05) is 5.75 Å². The van der Waals surface area contributed by atoms with Gasteiger partial charge in [0, 0.05) is 23.8 Å². The molecular weight excluding hydrogens is 472 g/mol. The number of ketones is 1. The van der Waals surface area contributed by atoms with Gasteiger partial charge in [0.2, 0.25) is 5.91 Å². The van der Waals surface area contributed by atoms with E-state index in [2.05, 4.69) is 21.3 Å². The van der Waals surface area contributed by atoms with Crippen LogP contribution in [-0.2, 0) is 22.6 Å². The number of nitrogens with two attached hydrogens (primary N) is 1. The topological polar surface area (TPSA) is 141 Å². The quantitative estimate of drug-likeness (QED) is 0.314. The number of nitriles is 1. The van der Waals surface area contributed by atoms with Crippen LogP contribution in [0.5, 0.6) is 0 Å². The van der Waals surface area contributed by atoms with Gasteiger partial charge in [-0.15, -0.1) is 21.5 Å². The third-order valence-electron chi connectivity index (χ3n) is 4.92. The number of benzene rings is 1. The van der Waals surface area contributed by atoms with Crippen molar-refractivity contribution in [3.05, 3.63) is 70.7 Å². The highest BCUT2D eigenvalue weighted by Gasteiger charge is 2.25. The number of hydrogen-bond acceptors (Lipinski definition) is 9. The van der Waals surface area contributed by atoms with Crippen molar-refractivity contribution in [1.29, 1.82) is 5.26 Å². The smallest absolute Gasteiger partial charge is 0.217 e. The highest BCUT2D eigenvalue weighted by Crippen LogP contribution is 2.29. The molecule has 172 valence electrons. The van der Waals surface area contributed by atoms with Gasteiger partial charge in [0.15, 0.2) is 16.9 Å². The number of nitrogens with zero attached hydrogens (tertiary/aromatic N) is 5. The number of carbonyl (C=O) groups excluding carboxylic acids is 2. The molecule has 0 saturated heterocycles. The minimum absolute atomic E-state index is 0.0184. The zero-order valence-electron chi connectivity index (χ0n) is 18.0. The van der Waals surface area contributed by atoms with E-state index in [0.717, 1.165) is 11.3 Å². The van der Waals surface area contributed by atoms with Crippen LogP contribution in [0, 0.1) is 11.3 Å². The van der Waals surface area contributed by atoms with Crippen LogP contribution in [0.3, 0.4) is 0 Å². The van der Waals surface area contributed by atoms with Crippen molar-refractivity contribution in [3.8, 4) is 17.3 Å². The fourth-order valence-electron chi connectivity index (χ4n) is 3.21. The van der Waals surface area contributed by atoms with Crippen molar-refractivity contribution in [3.63, 3.8) is 0 Å². The zero-order chi connectivity index (χ0) is 23.9. The Kier molecular flexibility index (Phi) is 7.51. The summed E-state index contributed by atoms with van der Waals surface area (Å²) in [5.74, 6) is -0.413. The number of furan rings is 1. The fourth-order valence-corrected chi connectivity index (χ4v) is 4.96.